The molecule has 3 rings (SSSR count). The van der Waals surface area contributed by atoms with Gasteiger partial charge in [0.2, 0.25) is 15.9 Å². The van der Waals surface area contributed by atoms with E-state index in [0.29, 0.717) is 28.4 Å². The molecule has 0 spiro atoms. The van der Waals surface area contributed by atoms with Crippen molar-refractivity contribution in [2.24, 2.45) is 0 Å². The third-order valence-electron chi connectivity index (χ3n) is 3.93. The fourth-order valence-corrected chi connectivity index (χ4v) is 4.12. The molecule has 1 heterocycles. The fraction of sp³-hybridized carbons (Fsp3) is 0.150. The van der Waals surface area contributed by atoms with Crippen LogP contribution in [0.4, 0.5) is 10.8 Å². The van der Waals surface area contributed by atoms with E-state index in [-0.39, 0.29) is 12.3 Å². The lowest BCUT2D eigenvalue weighted by Crippen LogP contribution is -2.17. The molecule has 0 unspecified atom stereocenters. The minimum absolute atomic E-state index is 0.0171. The zero-order valence-corrected chi connectivity index (χ0v) is 17.2. The SMILES string of the molecule is CS(=O)(=O)Nc1ccccc1CC(=O)Nc1ncc(Cc2ccc(C#N)cc2)s1. The summed E-state index contributed by atoms with van der Waals surface area (Å²) in [6.45, 7) is 0. The van der Waals surface area contributed by atoms with Crippen LogP contribution in [-0.2, 0) is 27.7 Å². The lowest BCUT2D eigenvalue weighted by molar-refractivity contribution is -0.115. The van der Waals surface area contributed by atoms with Crippen LogP contribution in [-0.4, -0.2) is 25.6 Å². The zero-order chi connectivity index (χ0) is 20.9. The number of nitrogens with one attached hydrogen (secondary N) is 2. The maximum atomic E-state index is 12.4. The van der Waals surface area contributed by atoms with E-state index in [1.54, 1.807) is 42.6 Å². The van der Waals surface area contributed by atoms with Gasteiger partial charge in [-0.1, -0.05) is 30.3 Å². The van der Waals surface area contributed by atoms with Crippen LogP contribution < -0.4 is 10.0 Å². The predicted octanol–water partition coefficient (Wildman–Crippen LogP) is 3.16. The van der Waals surface area contributed by atoms with Crippen LogP contribution in [0.2, 0.25) is 0 Å². The number of rotatable bonds is 7. The topological polar surface area (TPSA) is 112 Å². The van der Waals surface area contributed by atoms with Gasteiger partial charge in [0.25, 0.3) is 0 Å². The summed E-state index contributed by atoms with van der Waals surface area (Å²) in [5, 5.41) is 12.1. The quantitative estimate of drug-likeness (QED) is 0.603. The molecule has 3 aromatic rings. The summed E-state index contributed by atoms with van der Waals surface area (Å²) in [4.78, 5) is 17.6. The van der Waals surface area contributed by atoms with E-state index in [1.807, 2.05) is 12.1 Å². The number of sulfonamides is 1. The minimum Gasteiger partial charge on any atom is -0.302 e. The Hall–Kier alpha value is -3.22. The van der Waals surface area contributed by atoms with E-state index in [4.69, 9.17) is 5.26 Å². The average molecular weight is 427 g/mol. The van der Waals surface area contributed by atoms with Gasteiger partial charge in [0, 0.05) is 17.5 Å². The molecule has 0 bridgehead atoms. The third kappa shape index (κ3) is 6.14. The summed E-state index contributed by atoms with van der Waals surface area (Å²) < 4.78 is 25.4. The van der Waals surface area contributed by atoms with Crippen molar-refractivity contribution in [3.8, 4) is 6.07 Å². The van der Waals surface area contributed by atoms with Crippen molar-refractivity contribution < 1.29 is 13.2 Å². The first-order valence-electron chi connectivity index (χ1n) is 8.62. The molecule has 7 nitrogen and oxygen atoms in total. The molecule has 1 aromatic heterocycles. The molecule has 2 N–H and O–H groups in total. The Morgan fingerprint density at radius 2 is 1.90 bits per heavy atom. The average Bonchev–Trinajstić information content (AvgIpc) is 3.09. The van der Waals surface area contributed by atoms with E-state index < -0.39 is 10.0 Å². The second-order valence-electron chi connectivity index (χ2n) is 6.37. The number of thiazole rings is 1. The van der Waals surface area contributed by atoms with Gasteiger partial charge in [-0.05, 0) is 29.3 Å². The van der Waals surface area contributed by atoms with Gasteiger partial charge >= 0.3 is 0 Å². The number of hydrogen-bond acceptors (Lipinski definition) is 6. The summed E-state index contributed by atoms with van der Waals surface area (Å²) in [5.74, 6) is -0.285. The number of benzene rings is 2. The molecule has 0 aliphatic carbocycles. The number of aromatic nitrogens is 1. The van der Waals surface area contributed by atoms with Gasteiger partial charge in [-0.25, -0.2) is 13.4 Å². The maximum absolute atomic E-state index is 12.4. The molecule has 0 aliphatic rings. The van der Waals surface area contributed by atoms with E-state index in [2.05, 4.69) is 21.1 Å². The molecule has 0 radical (unpaired) electrons. The molecule has 1 amide bonds. The van der Waals surface area contributed by atoms with Crippen molar-refractivity contribution in [2.75, 3.05) is 16.3 Å². The molecule has 0 saturated carbocycles. The number of nitriles is 1. The molecule has 0 atom stereocenters. The summed E-state index contributed by atoms with van der Waals surface area (Å²) in [7, 11) is -3.44. The molecule has 2 aromatic carbocycles. The summed E-state index contributed by atoms with van der Waals surface area (Å²) in [6.07, 6.45) is 3.44. The van der Waals surface area contributed by atoms with Crippen LogP contribution >= 0.6 is 11.3 Å². The molecule has 0 fully saturated rings. The van der Waals surface area contributed by atoms with Crippen molar-refractivity contribution in [3.63, 3.8) is 0 Å². The largest absolute Gasteiger partial charge is 0.302 e. The number of hydrogen-bond donors (Lipinski definition) is 2. The van der Waals surface area contributed by atoms with Crippen LogP contribution in [0.25, 0.3) is 0 Å². The minimum atomic E-state index is -3.44. The summed E-state index contributed by atoms with van der Waals surface area (Å²) in [6, 6.07) is 16.2. The number of anilines is 2. The van der Waals surface area contributed by atoms with E-state index >= 15 is 0 Å². The van der Waals surface area contributed by atoms with E-state index in [1.165, 1.54) is 11.3 Å². The lowest BCUT2D eigenvalue weighted by Gasteiger charge is -2.10. The Morgan fingerprint density at radius 3 is 2.59 bits per heavy atom. The van der Waals surface area contributed by atoms with Gasteiger partial charge in [-0.2, -0.15) is 5.26 Å². The van der Waals surface area contributed by atoms with Crippen LogP contribution in [0.1, 0.15) is 21.6 Å². The normalized spacial score (nSPS) is 10.9. The summed E-state index contributed by atoms with van der Waals surface area (Å²) in [5.41, 5.74) is 2.61. The molecule has 29 heavy (non-hydrogen) atoms. The van der Waals surface area contributed by atoms with Crippen LogP contribution in [0.15, 0.2) is 54.7 Å². The van der Waals surface area contributed by atoms with Gasteiger partial charge in [-0.3, -0.25) is 9.52 Å². The smallest absolute Gasteiger partial charge is 0.230 e. The number of para-hydroxylation sites is 1. The van der Waals surface area contributed by atoms with Gasteiger partial charge in [-0.15, -0.1) is 11.3 Å². The molecular formula is C20H18N4O3S2. The molecule has 9 heteroatoms. The Bertz CT molecular complexity index is 1160. The first-order valence-corrected chi connectivity index (χ1v) is 11.3. The lowest BCUT2D eigenvalue weighted by atomic mass is 10.1. The Morgan fingerprint density at radius 1 is 1.17 bits per heavy atom. The maximum Gasteiger partial charge on any atom is 0.230 e. The standard InChI is InChI=1S/C20H18N4O3S2/c1-29(26,27)24-18-5-3-2-4-16(18)11-19(25)23-20-22-13-17(28-20)10-14-6-8-15(12-21)9-7-14/h2-9,13,24H,10-11H2,1H3,(H,22,23,25). The molecule has 0 saturated heterocycles. The van der Waals surface area contributed by atoms with E-state index in [9.17, 15) is 13.2 Å². The van der Waals surface area contributed by atoms with Gasteiger partial charge < -0.3 is 5.32 Å². The predicted molar refractivity (Wildman–Crippen MR) is 113 cm³/mol. The van der Waals surface area contributed by atoms with Crippen LogP contribution in [0.3, 0.4) is 0 Å². The molecule has 148 valence electrons. The van der Waals surface area contributed by atoms with Crippen molar-refractivity contribution in [1.82, 2.24) is 4.98 Å². The summed E-state index contributed by atoms with van der Waals surface area (Å²) >= 11 is 1.37. The highest BCUT2D eigenvalue weighted by Crippen LogP contribution is 2.22. The van der Waals surface area contributed by atoms with Gasteiger partial charge in [0.1, 0.15) is 0 Å². The highest BCUT2D eigenvalue weighted by molar-refractivity contribution is 7.92. The zero-order valence-electron chi connectivity index (χ0n) is 15.5. The Labute approximate surface area is 173 Å². The second kappa shape index (κ2) is 8.86. The number of amides is 1. The highest BCUT2D eigenvalue weighted by Gasteiger charge is 2.12. The van der Waals surface area contributed by atoms with Crippen molar-refractivity contribution in [2.45, 2.75) is 12.8 Å². The number of nitrogens with zero attached hydrogens (tertiary/aromatic N) is 2. The van der Waals surface area contributed by atoms with Crippen LogP contribution in [0, 0.1) is 11.3 Å². The Kier molecular flexibility index (Phi) is 6.26. The highest BCUT2D eigenvalue weighted by atomic mass is 32.2. The van der Waals surface area contributed by atoms with Crippen molar-refractivity contribution >= 4 is 38.1 Å². The second-order valence-corrected chi connectivity index (χ2v) is 9.24. The molecular weight excluding hydrogens is 408 g/mol. The molecule has 0 aliphatic heterocycles. The number of carbonyl (C=O) groups is 1. The monoisotopic (exact) mass is 426 g/mol. The van der Waals surface area contributed by atoms with Crippen LogP contribution in [0.5, 0.6) is 0 Å². The first kappa shape index (κ1) is 20.5. The van der Waals surface area contributed by atoms with Crippen molar-refractivity contribution in [1.29, 1.82) is 5.26 Å². The first-order chi connectivity index (χ1) is 13.8. The van der Waals surface area contributed by atoms with Gasteiger partial charge in [0.05, 0.1) is 30.0 Å². The van der Waals surface area contributed by atoms with Crippen molar-refractivity contribution in [3.05, 3.63) is 76.3 Å². The Balaban J connectivity index is 1.63. The fourth-order valence-electron chi connectivity index (χ4n) is 2.66. The third-order valence-corrected chi connectivity index (χ3v) is 5.43. The van der Waals surface area contributed by atoms with Gasteiger partial charge in [0.15, 0.2) is 5.13 Å². The number of carbonyl (C=O) groups excluding carboxylic acids is 1. The van der Waals surface area contributed by atoms with E-state index in [0.717, 1.165) is 16.7 Å².